The molecule has 0 saturated carbocycles. The van der Waals surface area contributed by atoms with Crippen LogP contribution < -0.4 is 5.32 Å². The van der Waals surface area contributed by atoms with Crippen molar-refractivity contribution >= 4 is 40.9 Å². The SMILES string of the molecule is O=C(Nc1ccc(Cl)c(C(F)(F)F)c1)[C@@H]1CSC2c3ccccc3C(=O)N21. The maximum atomic E-state index is 13.0. The van der Waals surface area contributed by atoms with Gasteiger partial charge in [-0.1, -0.05) is 29.8 Å². The Morgan fingerprint density at radius 1 is 1.22 bits per heavy atom. The molecule has 0 aromatic heterocycles. The standard InChI is InChI=1S/C18H12ClF3N2O2S/c19-13-6-5-9(7-12(13)18(20,21)22)23-15(25)14-8-27-17-11-4-2-1-3-10(11)16(26)24(14)17/h1-7,14,17H,8H2,(H,23,25)/t14-,17?/m0/s1. The Morgan fingerprint density at radius 3 is 2.70 bits per heavy atom. The van der Waals surface area contributed by atoms with Gasteiger partial charge in [0.05, 0.1) is 10.6 Å². The fourth-order valence-corrected chi connectivity index (χ4v) is 4.98. The van der Waals surface area contributed by atoms with Crippen molar-refractivity contribution in [2.45, 2.75) is 17.6 Å². The molecule has 0 bridgehead atoms. The number of carbonyl (C=O) groups is 2. The van der Waals surface area contributed by atoms with Crippen LogP contribution >= 0.6 is 23.4 Å². The number of halogens is 4. The van der Waals surface area contributed by atoms with E-state index in [1.165, 1.54) is 22.7 Å². The third kappa shape index (κ3) is 3.06. The van der Waals surface area contributed by atoms with Gasteiger partial charge in [-0.3, -0.25) is 9.59 Å². The van der Waals surface area contributed by atoms with Gasteiger partial charge >= 0.3 is 6.18 Å². The van der Waals surface area contributed by atoms with Crippen LogP contribution in [0.25, 0.3) is 0 Å². The molecule has 2 heterocycles. The Morgan fingerprint density at radius 2 is 1.96 bits per heavy atom. The van der Waals surface area contributed by atoms with E-state index < -0.39 is 28.7 Å². The van der Waals surface area contributed by atoms with Crippen molar-refractivity contribution in [1.82, 2.24) is 4.90 Å². The highest BCUT2D eigenvalue weighted by Crippen LogP contribution is 2.48. The van der Waals surface area contributed by atoms with Gasteiger partial charge in [0.25, 0.3) is 5.91 Å². The molecular weight excluding hydrogens is 401 g/mol. The highest BCUT2D eigenvalue weighted by molar-refractivity contribution is 7.99. The predicted octanol–water partition coefficient (Wildman–Crippen LogP) is 4.57. The van der Waals surface area contributed by atoms with Gasteiger partial charge in [0.15, 0.2) is 0 Å². The number of nitrogens with zero attached hydrogens (tertiary/aromatic N) is 1. The molecule has 2 aliphatic rings. The van der Waals surface area contributed by atoms with E-state index in [9.17, 15) is 22.8 Å². The number of fused-ring (bicyclic) bond motifs is 3. The summed E-state index contributed by atoms with van der Waals surface area (Å²) in [5.41, 5.74) is 0.367. The van der Waals surface area contributed by atoms with E-state index in [1.807, 2.05) is 12.1 Å². The summed E-state index contributed by atoms with van der Waals surface area (Å²) in [4.78, 5) is 26.8. The number of benzene rings is 2. The lowest BCUT2D eigenvalue weighted by atomic mass is 10.1. The maximum absolute atomic E-state index is 13.0. The number of hydrogen-bond acceptors (Lipinski definition) is 3. The summed E-state index contributed by atoms with van der Waals surface area (Å²) in [6.07, 6.45) is -4.63. The lowest BCUT2D eigenvalue weighted by molar-refractivity contribution is -0.137. The summed E-state index contributed by atoms with van der Waals surface area (Å²) in [6, 6.07) is 9.56. The molecule has 4 rings (SSSR count). The fourth-order valence-electron chi connectivity index (χ4n) is 3.29. The molecule has 2 atom stereocenters. The van der Waals surface area contributed by atoms with Crippen LogP contribution in [-0.4, -0.2) is 28.5 Å². The number of anilines is 1. The van der Waals surface area contributed by atoms with E-state index in [0.717, 1.165) is 17.7 Å². The van der Waals surface area contributed by atoms with Crippen molar-refractivity contribution in [3.63, 3.8) is 0 Å². The van der Waals surface area contributed by atoms with E-state index >= 15 is 0 Å². The van der Waals surface area contributed by atoms with Gasteiger partial charge in [-0.2, -0.15) is 13.2 Å². The zero-order valence-electron chi connectivity index (χ0n) is 13.6. The Hall–Kier alpha value is -2.19. The number of rotatable bonds is 2. The van der Waals surface area contributed by atoms with Crippen LogP contribution in [0.1, 0.15) is 26.9 Å². The monoisotopic (exact) mass is 412 g/mol. The molecule has 140 valence electrons. The van der Waals surface area contributed by atoms with Crippen LogP contribution in [0.5, 0.6) is 0 Å². The maximum Gasteiger partial charge on any atom is 0.417 e. The zero-order chi connectivity index (χ0) is 19.3. The number of alkyl halides is 3. The van der Waals surface area contributed by atoms with Crippen molar-refractivity contribution < 1.29 is 22.8 Å². The summed E-state index contributed by atoms with van der Waals surface area (Å²) >= 11 is 7.06. The summed E-state index contributed by atoms with van der Waals surface area (Å²) < 4.78 is 39.0. The van der Waals surface area contributed by atoms with Gasteiger partial charge in [-0.15, -0.1) is 11.8 Å². The smallest absolute Gasteiger partial charge is 0.324 e. The molecule has 1 fully saturated rings. The zero-order valence-corrected chi connectivity index (χ0v) is 15.2. The Balaban J connectivity index is 1.56. The first kappa shape index (κ1) is 18.2. The van der Waals surface area contributed by atoms with Crippen LogP contribution in [0.4, 0.5) is 18.9 Å². The van der Waals surface area contributed by atoms with Gasteiger partial charge < -0.3 is 10.2 Å². The molecule has 2 aromatic carbocycles. The molecule has 2 amide bonds. The summed E-state index contributed by atoms with van der Waals surface area (Å²) in [6.45, 7) is 0. The summed E-state index contributed by atoms with van der Waals surface area (Å²) in [5.74, 6) is -0.398. The molecule has 1 N–H and O–H groups in total. The van der Waals surface area contributed by atoms with Crippen LogP contribution in [-0.2, 0) is 11.0 Å². The molecule has 0 aliphatic carbocycles. The van der Waals surface area contributed by atoms with Crippen LogP contribution in [0, 0.1) is 0 Å². The molecule has 0 spiro atoms. The number of nitrogens with one attached hydrogen (secondary N) is 1. The minimum absolute atomic E-state index is 0.0191. The van der Waals surface area contributed by atoms with Crippen LogP contribution in [0.2, 0.25) is 5.02 Å². The van der Waals surface area contributed by atoms with Gasteiger partial charge in [-0.25, -0.2) is 0 Å². The summed E-state index contributed by atoms with van der Waals surface area (Å²) in [5, 5.41) is 1.79. The first-order valence-corrected chi connectivity index (χ1v) is 9.41. The average Bonchev–Trinajstić information content (AvgIpc) is 3.17. The quantitative estimate of drug-likeness (QED) is 0.786. The van der Waals surface area contributed by atoms with Gasteiger partial charge in [0.2, 0.25) is 5.91 Å². The molecule has 4 nitrogen and oxygen atoms in total. The fraction of sp³-hybridized carbons (Fsp3) is 0.222. The topological polar surface area (TPSA) is 49.4 Å². The predicted molar refractivity (Wildman–Crippen MR) is 96.7 cm³/mol. The minimum atomic E-state index is -4.63. The van der Waals surface area contributed by atoms with Crippen molar-refractivity contribution in [2.24, 2.45) is 0 Å². The molecule has 2 aliphatic heterocycles. The molecule has 2 aromatic rings. The number of thioether (sulfide) groups is 1. The lowest BCUT2D eigenvalue weighted by Gasteiger charge is -2.22. The third-order valence-electron chi connectivity index (χ3n) is 4.53. The number of amides is 2. The van der Waals surface area contributed by atoms with Crippen molar-refractivity contribution in [3.05, 3.63) is 64.2 Å². The van der Waals surface area contributed by atoms with E-state index in [-0.39, 0.29) is 17.0 Å². The largest absolute Gasteiger partial charge is 0.417 e. The van der Waals surface area contributed by atoms with Crippen molar-refractivity contribution in [2.75, 3.05) is 11.1 Å². The highest BCUT2D eigenvalue weighted by atomic mass is 35.5. The minimum Gasteiger partial charge on any atom is -0.324 e. The highest BCUT2D eigenvalue weighted by Gasteiger charge is 2.48. The molecular formula is C18H12ClF3N2O2S. The van der Waals surface area contributed by atoms with Gasteiger partial charge in [-0.05, 0) is 29.8 Å². The first-order chi connectivity index (χ1) is 12.8. The molecule has 27 heavy (non-hydrogen) atoms. The number of hydrogen-bond donors (Lipinski definition) is 1. The molecule has 1 unspecified atom stereocenters. The number of carbonyl (C=O) groups excluding carboxylic acids is 2. The normalized spacial score (nSPS) is 21.2. The first-order valence-electron chi connectivity index (χ1n) is 7.98. The third-order valence-corrected chi connectivity index (χ3v) is 6.17. The lowest BCUT2D eigenvalue weighted by Crippen LogP contribution is -2.42. The van der Waals surface area contributed by atoms with E-state index in [1.54, 1.807) is 12.1 Å². The van der Waals surface area contributed by atoms with Crippen LogP contribution in [0.3, 0.4) is 0 Å². The molecule has 0 radical (unpaired) electrons. The Kier molecular flexibility index (Phi) is 4.35. The summed E-state index contributed by atoms with van der Waals surface area (Å²) in [7, 11) is 0. The van der Waals surface area contributed by atoms with Crippen molar-refractivity contribution in [3.8, 4) is 0 Å². The van der Waals surface area contributed by atoms with Gasteiger partial charge in [0, 0.05) is 17.0 Å². The van der Waals surface area contributed by atoms with E-state index in [4.69, 9.17) is 11.6 Å². The second-order valence-electron chi connectivity index (χ2n) is 6.18. The van der Waals surface area contributed by atoms with Crippen molar-refractivity contribution in [1.29, 1.82) is 0 Å². The van der Waals surface area contributed by atoms with E-state index in [2.05, 4.69) is 5.32 Å². The second-order valence-corrected chi connectivity index (χ2v) is 7.70. The molecule has 1 saturated heterocycles. The van der Waals surface area contributed by atoms with E-state index in [0.29, 0.717) is 11.3 Å². The molecule has 9 heteroatoms. The average molecular weight is 413 g/mol. The van der Waals surface area contributed by atoms with Gasteiger partial charge in [0.1, 0.15) is 11.4 Å². The Bertz CT molecular complexity index is 950. The van der Waals surface area contributed by atoms with Crippen LogP contribution in [0.15, 0.2) is 42.5 Å². The Labute approximate surface area is 161 Å². The second kappa shape index (κ2) is 6.45.